The van der Waals surface area contributed by atoms with Crippen LogP contribution >= 0.6 is 0 Å². The predicted molar refractivity (Wildman–Crippen MR) is 61.3 cm³/mol. The van der Waals surface area contributed by atoms with E-state index in [2.05, 4.69) is 0 Å². The maximum absolute atomic E-state index is 11.8. The number of esters is 1. The van der Waals surface area contributed by atoms with Gasteiger partial charge < -0.3 is 14.4 Å². The van der Waals surface area contributed by atoms with Gasteiger partial charge in [-0.05, 0) is 33.1 Å². The minimum Gasteiger partial charge on any atom is -0.459 e. The van der Waals surface area contributed by atoms with Crippen molar-refractivity contribution in [2.75, 3.05) is 13.2 Å². The van der Waals surface area contributed by atoms with Crippen LogP contribution in [0, 0.1) is 0 Å². The first-order valence-electron chi connectivity index (χ1n) is 6.03. The minimum atomic E-state index is -0.790. The Bertz CT molecular complexity index is 314. The molecule has 17 heavy (non-hydrogen) atoms. The number of carbonyl (C=O) groups excluding carboxylic acids is 3. The SMILES string of the molecule is CCOC(=O)C(=O)N1CCC[C@H]1CCC(C)=O. The summed E-state index contributed by atoms with van der Waals surface area (Å²) in [5.74, 6) is -1.25. The monoisotopic (exact) mass is 241 g/mol. The molecule has 0 spiro atoms. The van der Waals surface area contributed by atoms with Crippen molar-refractivity contribution >= 4 is 17.7 Å². The molecule has 0 aliphatic carbocycles. The summed E-state index contributed by atoms with van der Waals surface area (Å²) in [6.45, 7) is 3.99. The summed E-state index contributed by atoms with van der Waals surface area (Å²) in [4.78, 5) is 35.6. The van der Waals surface area contributed by atoms with Crippen molar-refractivity contribution in [3.05, 3.63) is 0 Å². The zero-order chi connectivity index (χ0) is 12.8. The lowest BCUT2D eigenvalue weighted by molar-refractivity contribution is -0.160. The molecule has 1 heterocycles. The Labute approximate surface area is 101 Å². The van der Waals surface area contributed by atoms with Crippen molar-refractivity contribution < 1.29 is 19.1 Å². The lowest BCUT2D eigenvalue weighted by atomic mass is 10.1. The van der Waals surface area contributed by atoms with Gasteiger partial charge in [0.1, 0.15) is 5.78 Å². The molecule has 1 saturated heterocycles. The van der Waals surface area contributed by atoms with Crippen LogP contribution in [-0.2, 0) is 19.1 Å². The number of hydrogen-bond acceptors (Lipinski definition) is 4. The molecule has 0 unspecified atom stereocenters. The molecule has 1 amide bonds. The highest BCUT2D eigenvalue weighted by molar-refractivity contribution is 6.32. The number of rotatable bonds is 4. The van der Waals surface area contributed by atoms with Gasteiger partial charge in [0.2, 0.25) is 0 Å². The third-order valence-electron chi connectivity index (χ3n) is 2.92. The number of likely N-dealkylation sites (tertiary alicyclic amines) is 1. The molecule has 0 radical (unpaired) electrons. The van der Waals surface area contributed by atoms with Crippen molar-refractivity contribution in [3.8, 4) is 0 Å². The molecule has 0 N–H and O–H groups in total. The Hall–Kier alpha value is -1.39. The zero-order valence-corrected chi connectivity index (χ0v) is 10.4. The summed E-state index contributed by atoms with van der Waals surface area (Å²) in [5, 5.41) is 0. The highest BCUT2D eigenvalue weighted by atomic mass is 16.5. The Balaban J connectivity index is 2.53. The predicted octanol–water partition coefficient (Wildman–Crippen LogP) is 0.910. The number of nitrogens with zero attached hydrogens (tertiary/aromatic N) is 1. The Morgan fingerprint density at radius 1 is 1.35 bits per heavy atom. The average molecular weight is 241 g/mol. The molecule has 1 atom stereocenters. The number of Topliss-reactive ketones (excluding diaryl/α,β-unsaturated/α-hetero) is 1. The second kappa shape index (κ2) is 6.37. The van der Waals surface area contributed by atoms with E-state index in [0.29, 0.717) is 19.4 Å². The van der Waals surface area contributed by atoms with E-state index in [9.17, 15) is 14.4 Å². The van der Waals surface area contributed by atoms with E-state index in [1.54, 1.807) is 11.8 Å². The molecular formula is C12H19NO4. The normalized spacial score (nSPS) is 19.2. The molecule has 0 aromatic rings. The van der Waals surface area contributed by atoms with Crippen LogP contribution in [0.3, 0.4) is 0 Å². The molecule has 96 valence electrons. The quantitative estimate of drug-likeness (QED) is 0.542. The van der Waals surface area contributed by atoms with Crippen LogP contribution in [0.15, 0.2) is 0 Å². The number of amides is 1. The number of carbonyl (C=O) groups is 3. The van der Waals surface area contributed by atoms with Crippen LogP contribution in [0.4, 0.5) is 0 Å². The zero-order valence-electron chi connectivity index (χ0n) is 10.4. The van der Waals surface area contributed by atoms with Crippen molar-refractivity contribution in [2.24, 2.45) is 0 Å². The first-order valence-corrected chi connectivity index (χ1v) is 6.03. The van der Waals surface area contributed by atoms with Gasteiger partial charge in [0, 0.05) is 19.0 Å². The van der Waals surface area contributed by atoms with E-state index in [-0.39, 0.29) is 18.4 Å². The minimum absolute atomic E-state index is 0.0100. The molecular weight excluding hydrogens is 222 g/mol. The van der Waals surface area contributed by atoms with Gasteiger partial charge in [0.05, 0.1) is 6.61 Å². The molecule has 1 rings (SSSR count). The van der Waals surface area contributed by atoms with E-state index in [1.165, 1.54) is 6.92 Å². The fourth-order valence-corrected chi connectivity index (χ4v) is 2.08. The fraction of sp³-hybridized carbons (Fsp3) is 0.750. The Morgan fingerprint density at radius 3 is 2.65 bits per heavy atom. The van der Waals surface area contributed by atoms with E-state index >= 15 is 0 Å². The van der Waals surface area contributed by atoms with Crippen molar-refractivity contribution in [1.29, 1.82) is 0 Å². The van der Waals surface area contributed by atoms with Gasteiger partial charge >= 0.3 is 11.9 Å². The lowest BCUT2D eigenvalue weighted by Crippen LogP contribution is -2.41. The molecule has 5 nitrogen and oxygen atoms in total. The molecule has 0 saturated carbocycles. The highest BCUT2D eigenvalue weighted by Crippen LogP contribution is 2.21. The van der Waals surface area contributed by atoms with Crippen LogP contribution in [0.1, 0.15) is 39.5 Å². The van der Waals surface area contributed by atoms with Crippen LogP contribution in [-0.4, -0.2) is 41.8 Å². The second-order valence-corrected chi connectivity index (χ2v) is 4.26. The molecule has 1 fully saturated rings. The van der Waals surface area contributed by atoms with Crippen LogP contribution in [0.5, 0.6) is 0 Å². The van der Waals surface area contributed by atoms with Gasteiger partial charge in [-0.25, -0.2) is 4.79 Å². The third-order valence-corrected chi connectivity index (χ3v) is 2.92. The van der Waals surface area contributed by atoms with Crippen molar-refractivity contribution in [3.63, 3.8) is 0 Å². The Kier molecular flexibility index (Phi) is 5.12. The molecule has 5 heteroatoms. The molecule has 1 aliphatic rings. The summed E-state index contributed by atoms with van der Waals surface area (Å²) < 4.78 is 4.69. The van der Waals surface area contributed by atoms with Gasteiger partial charge in [-0.1, -0.05) is 0 Å². The maximum Gasteiger partial charge on any atom is 0.397 e. The molecule has 0 bridgehead atoms. The first kappa shape index (κ1) is 13.7. The van der Waals surface area contributed by atoms with Gasteiger partial charge in [0.15, 0.2) is 0 Å². The summed E-state index contributed by atoms with van der Waals surface area (Å²) in [5.41, 5.74) is 0. The topological polar surface area (TPSA) is 63.7 Å². The van der Waals surface area contributed by atoms with Gasteiger partial charge in [-0.2, -0.15) is 0 Å². The van der Waals surface area contributed by atoms with Crippen LogP contribution in [0.25, 0.3) is 0 Å². The first-order chi connectivity index (χ1) is 8.06. The molecule has 1 aliphatic heterocycles. The average Bonchev–Trinajstić information content (AvgIpc) is 2.73. The summed E-state index contributed by atoms with van der Waals surface area (Å²) in [6, 6.07) is 0.0100. The molecule has 0 aromatic carbocycles. The smallest absolute Gasteiger partial charge is 0.397 e. The van der Waals surface area contributed by atoms with E-state index in [4.69, 9.17) is 4.74 Å². The Morgan fingerprint density at radius 2 is 2.06 bits per heavy atom. The summed E-state index contributed by atoms with van der Waals surface area (Å²) in [7, 11) is 0. The van der Waals surface area contributed by atoms with E-state index in [0.717, 1.165) is 12.8 Å². The lowest BCUT2D eigenvalue weighted by Gasteiger charge is -2.23. The van der Waals surface area contributed by atoms with Gasteiger partial charge in [0.25, 0.3) is 0 Å². The maximum atomic E-state index is 11.8. The summed E-state index contributed by atoms with van der Waals surface area (Å²) >= 11 is 0. The second-order valence-electron chi connectivity index (χ2n) is 4.26. The van der Waals surface area contributed by atoms with Crippen molar-refractivity contribution in [1.82, 2.24) is 4.90 Å². The van der Waals surface area contributed by atoms with Crippen LogP contribution in [0.2, 0.25) is 0 Å². The number of ketones is 1. The number of hydrogen-bond donors (Lipinski definition) is 0. The third kappa shape index (κ3) is 3.84. The van der Waals surface area contributed by atoms with Crippen LogP contribution < -0.4 is 0 Å². The van der Waals surface area contributed by atoms with Crippen molar-refractivity contribution in [2.45, 2.75) is 45.6 Å². The van der Waals surface area contributed by atoms with E-state index < -0.39 is 11.9 Å². The fourth-order valence-electron chi connectivity index (χ4n) is 2.08. The summed E-state index contributed by atoms with van der Waals surface area (Å²) in [6.07, 6.45) is 2.84. The highest BCUT2D eigenvalue weighted by Gasteiger charge is 2.32. The van der Waals surface area contributed by atoms with Gasteiger partial charge in [-0.3, -0.25) is 4.79 Å². The van der Waals surface area contributed by atoms with Gasteiger partial charge in [-0.15, -0.1) is 0 Å². The standard InChI is InChI=1S/C12H19NO4/c1-3-17-12(16)11(15)13-8-4-5-10(13)7-6-9(2)14/h10H,3-8H2,1-2H3/t10-/m0/s1. The van der Waals surface area contributed by atoms with E-state index in [1.807, 2.05) is 0 Å². The largest absolute Gasteiger partial charge is 0.459 e. The number of ether oxygens (including phenoxy) is 1. The molecule has 0 aromatic heterocycles.